The zero-order valence-corrected chi connectivity index (χ0v) is 24.9. The fourth-order valence-corrected chi connectivity index (χ4v) is 5.71. The summed E-state index contributed by atoms with van der Waals surface area (Å²) in [4.78, 5) is 28.6. The van der Waals surface area contributed by atoms with Gasteiger partial charge in [-0.1, -0.05) is 64.3 Å². The predicted molar refractivity (Wildman–Crippen MR) is 155 cm³/mol. The third kappa shape index (κ3) is 8.46. The lowest BCUT2D eigenvalue weighted by Gasteiger charge is -2.33. The van der Waals surface area contributed by atoms with E-state index >= 15 is 0 Å². The number of sulfonamides is 1. The minimum Gasteiger partial charge on any atom is -0.497 e. The second-order valence-corrected chi connectivity index (χ2v) is 13.4. The molecule has 39 heavy (non-hydrogen) atoms. The van der Waals surface area contributed by atoms with Crippen molar-refractivity contribution in [2.24, 2.45) is 0 Å². The number of anilines is 1. The van der Waals surface area contributed by atoms with Crippen LogP contribution in [0, 0.1) is 0 Å². The maximum atomic E-state index is 13.8. The number of methoxy groups -OCH3 is 1. The van der Waals surface area contributed by atoms with Gasteiger partial charge in [-0.3, -0.25) is 13.9 Å². The summed E-state index contributed by atoms with van der Waals surface area (Å²) in [5, 5.41) is 3.11. The molecule has 2 aromatic rings. The number of nitrogens with zero attached hydrogens (tertiary/aromatic N) is 2. The summed E-state index contributed by atoms with van der Waals surface area (Å²) in [7, 11) is -2.22. The number of carbonyl (C=O) groups is 2. The van der Waals surface area contributed by atoms with Crippen molar-refractivity contribution in [1.82, 2.24) is 10.2 Å². The molecule has 1 N–H and O–H groups in total. The van der Waals surface area contributed by atoms with Crippen molar-refractivity contribution in [3.63, 3.8) is 0 Å². The maximum absolute atomic E-state index is 13.8. The van der Waals surface area contributed by atoms with Crippen LogP contribution in [0.4, 0.5) is 5.69 Å². The van der Waals surface area contributed by atoms with Crippen LogP contribution >= 0.6 is 0 Å². The van der Waals surface area contributed by atoms with Crippen molar-refractivity contribution < 1.29 is 22.7 Å². The fourth-order valence-electron chi connectivity index (χ4n) is 4.86. The lowest BCUT2D eigenvalue weighted by Crippen LogP contribution is -2.52. The Bertz CT molecular complexity index is 1230. The maximum Gasteiger partial charge on any atom is 0.244 e. The predicted octanol–water partition coefficient (Wildman–Crippen LogP) is 4.62. The Kier molecular flexibility index (Phi) is 10.0. The molecule has 8 nitrogen and oxygen atoms in total. The molecule has 214 valence electrons. The second kappa shape index (κ2) is 12.9. The van der Waals surface area contributed by atoms with E-state index in [1.165, 1.54) is 11.3 Å². The van der Waals surface area contributed by atoms with Crippen molar-refractivity contribution in [3.8, 4) is 5.75 Å². The molecule has 2 amide bonds. The Hall–Kier alpha value is -3.07. The summed E-state index contributed by atoms with van der Waals surface area (Å²) in [5.74, 6) is -0.0658. The van der Waals surface area contributed by atoms with Gasteiger partial charge in [0.25, 0.3) is 0 Å². The summed E-state index contributed by atoms with van der Waals surface area (Å²) in [5.41, 5.74) is 2.14. The monoisotopic (exact) mass is 557 g/mol. The summed E-state index contributed by atoms with van der Waals surface area (Å²) in [6.45, 7) is 7.65. The molecule has 1 saturated carbocycles. The van der Waals surface area contributed by atoms with Crippen LogP contribution in [0.15, 0.2) is 48.5 Å². The van der Waals surface area contributed by atoms with Gasteiger partial charge in [0, 0.05) is 12.6 Å². The second-order valence-electron chi connectivity index (χ2n) is 11.5. The van der Waals surface area contributed by atoms with Gasteiger partial charge in [-0.05, 0) is 60.6 Å². The van der Waals surface area contributed by atoms with Crippen molar-refractivity contribution >= 4 is 27.5 Å². The standard InChI is InChI=1S/C30H43N3O5S/c1-22(29(35)31-25-12-8-7-9-13-25)32(20-23-11-10-14-27(19-23)38-5)28(34)21-33(39(6,36)37)26-17-15-24(16-18-26)30(2,3)4/h10-11,14-19,22,25H,7-9,12-13,20-21H2,1-6H3,(H,31,35). The first-order valence-corrected chi connectivity index (χ1v) is 15.5. The number of hydrogen-bond donors (Lipinski definition) is 1. The molecule has 0 aromatic heterocycles. The molecule has 0 radical (unpaired) electrons. The van der Waals surface area contributed by atoms with E-state index in [1.54, 1.807) is 26.2 Å². The number of rotatable bonds is 10. The van der Waals surface area contributed by atoms with Crippen LogP contribution in [0.25, 0.3) is 0 Å². The molecule has 1 unspecified atom stereocenters. The molecular formula is C30H43N3O5S. The van der Waals surface area contributed by atoms with Crippen molar-refractivity contribution in [2.75, 3.05) is 24.2 Å². The Morgan fingerprint density at radius 2 is 1.69 bits per heavy atom. The average molecular weight is 558 g/mol. The number of benzene rings is 2. The molecule has 1 fully saturated rings. The lowest BCUT2D eigenvalue weighted by atomic mass is 9.87. The van der Waals surface area contributed by atoms with E-state index in [4.69, 9.17) is 4.74 Å². The number of hydrogen-bond acceptors (Lipinski definition) is 5. The molecular weight excluding hydrogens is 514 g/mol. The van der Waals surface area contributed by atoms with E-state index in [2.05, 4.69) is 26.1 Å². The molecule has 0 bridgehead atoms. The smallest absolute Gasteiger partial charge is 0.244 e. The minimum absolute atomic E-state index is 0.0938. The van der Waals surface area contributed by atoms with Crippen molar-refractivity contribution in [2.45, 2.75) is 83.8 Å². The number of ether oxygens (including phenoxy) is 1. The molecule has 2 aromatic carbocycles. The number of nitrogens with one attached hydrogen (secondary N) is 1. The Labute approximate surface area is 233 Å². The quantitative estimate of drug-likeness (QED) is 0.460. The van der Waals surface area contributed by atoms with Crippen LogP contribution in [0.5, 0.6) is 5.75 Å². The van der Waals surface area contributed by atoms with Gasteiger partial charge < -0.3 is 15.0 Å². The van der Waals surface area contributed by atoms with Gasteiger partial charge in [0.05, 0.1) is 19.1 Å². The molecule has 0 spiro atoms. The minimum atomic E-state index is -3.78. The Balaban J connectivity index is 1.89. The van der Waals surface area contributed by atoms with Gasteiger partial charge in [-0.2, -0.15) is 0 Å². The molecule has 1 aliphatic carbocycles. The molecule has 0 heterocycles. The number of amides is 2. The van der Waals surface area contributed by atoms with Gasteiger partial charge >= 0.3 is 0 Å². The third-order valence-corrected chi connectivity index (χ3v) is 8.45. The molecule has 1 atom stereocenters. The van der Waals surface area contributed by atoms with E-state index in [-0.39, 0.29) is 23.9 Å². The van der Waals surface area contributed by atoms with Gasteiger partial charge in [0.1, 0.15) is 18.3 Å². The zero-order valence-electron chi connectivity index (χ0n) is 24.1. The average Bonchev–Trinajstić information content (AvgIpc) is 2.89. The van der Waals surface area contributed by atoms with Gasteiger partial charge in [-0.15, -0.1) is 0 Å². The first-order chi connectivity index (χ1) is 18.3. The van der Waals surface area contributed by atoms with Crippen LogP contribution in [0.3, 0.4) is 0 Å². The summed E-state index contributed by atoms with van der Waals surface area (Å²) >= 11 is 0. The van der Waals surface area contributed by atoms with Crippen LogP contribution in [-0.2, 0) is 31.6 Å². The number of carbonyl (C=O) groups excluding carboxylic acids is 2. The van der Waals surface area contributed by atoms with Gasteiger partial charge in [-0.25, -0.2) is 8.42 Å². The first kappa shape index (κ1) is 30.5. The lowest BCUT2D eigenvalue weighted by molar-refractivity contribution is -0.139. The van der Waals surface area contributed by atoms with Crippen LogP contribution in [0.1, 0.15) is 70.9 Å². The van der Waals surface area contributed by atoms with E-state index in [0.717, 1.165) is 47.4 Å². The molecule has 9 heteroatoms. The normalized spacial score (nSPS) is 15.3. The van der Waals surface area contributed by atoms with Crippen molar-refractivity contribution in [1.29, 1.82) is 0 Å². The van der Waals surface area contributed by atoms with E-state index in [9.17, 15) is 18.0 Å². The first-order valence-electron chi connectivity index (χ1n) is 13.6. The molecule has 3 rings (SSSR count). The SMILES string of the molecule is COc1cccc(CN(C(=O)CN(c2ccc(C(C)(C)C)cc2)S(C)(=O)=O)C(C)C(=O)NC2CCCCC2)c1. The largest absolute Gasteiger partial charge is 0.497 e. The zero-order chi connectivity index (χ0) is 28.8. The van der Waals surface area contributed by atoms with Crippen LogP contribution < -0.4 is 14.4 Å². The molecule has 1 aliphatic rings. The molecule has 0 saturated heterocycles. The highest BCUT2D eigenvalue weighted by Gasteiger charge is 2.31. The highest BCUT2D eigenvalue weighted by molar-refractivity contribution is 7.92. The summed E-state index contributed by atoms with van der Waals surface area (Å²) in [6.07, 6.45) is 6.25. The van der Waals surface area contributed by atoms with Crippen LogP contribution in [-0.4, -0.2) is 57.1 Å². The highest BCUT2D eigenvalue weighted by atomic mass is 32.2. The van der Waals surface area contributed by atoms with E-state index in [0.29, 0.717) is 11.4 Å². The van der Waals surface area contributed by atoms with Crippen molar-refractivity contribution in [3.05, 3.63) is 59.7 Å². The fraction of sp³-hybridized carbons (Fsp3) is 0.533. The third-order valence-electron chi connectivity index (χ3n) is 7.31. The topological polar surface area (TPSA) is 96.0 Å². The molecule has 0 aliphatic heterocycles. The summed E-state index contributed by atoms with van der Waals surface area (Å²) < 4.78 is 32.1. The van der Waals surface area contributed by atoms with Crippen LogP contribution in [0.2, 0.25) is 0 Å². The van der Waals surface area contributed by atoms with E-state index < -0.39 is 28.5 Å². The Morgan fingerprint density at radius 1 is 1.05 bits per heavy atom. The van der Waals surface area contributed by atoms with Gasteiger partial charge in [0.2, 0.25) is 21.8 Å². The highest BCUT2D eigenvalue weighted by Crippen LogP contribution is 2.26. The Morgan fingerprint density at radius 3 is 2.26 bits per heavy atom. The van der Waals surface area contributed by atoms with Gasteiger partial charge in [0.15, 0.2) is 0 Å². The van der Waals surface area contributed by atoms with E-state index in [1.807, 2.05) is 36.4 Å². The summed E-state index contributed by atoms with van der Waals surface area (Å²) in [6, 6.07) is 13.8.